The number of fused-ring (bicyclic) bond motifs is 2. The van der Waals surface area contributed by atoms with Crippen molar-refractivity contribution in [2.24, 2.45) is 0 Å². The summed E-state index contributed by atoms with van der Waals surface area (Å²) >= 11 is 0. The van der Waals surface area contributed by atoms with Crippen LogP contribution in [0.3, 0.4) is 0 Å². The summed E-state index contributed by atoms with van der Waals surface area (Å²) in [6, 6.07) is 1.01. The monoisotopic (exact) mass is 223 g/mol. The zero-order valence-corrected chi connectivity index (χ0v) is 9.24. The Bertz CT molecular complexity index is 319. The van der Waals surface area contributed by atoms with E-state index in [1.807, 2.05) is 0 Å². The molecule has 5 nitrogen and oxygen atoms in total. The van der Waals surface area contributed by atoms with Crippen molar-refractivity contribution in [2.45, 2.75) is 43.8 Å². The fourth-order valence-corrected chi connectivity index (χ4v) is 3.12. The molecule has 3 heterocycles. The Morgan fingerprint density at radius 2 is 1.75 bits per heavy atom. The van der Waals surface area contributed by atoms with E-state index in [0.29, 0.717) is 24.9 Å². The van der Waals surface area contributed by atoms with Gasteiger partial charge in [0, 0.05) is 31.6 Å². The number of piperidine rings is 1. The van der Waals surface area contributed by atoms with E-state index in [9.17, 15) is 9.59 Å². The lowest BCUT2D eigenvalue weighted by atomic mass is 10.0. The minimum absolute atomic E-state index is 0.0806. The highest BCUT2D eigenvalue weighted by atomic mass is 16.2. The Kier molecular flexibility index (Phi) is 2.44. The predicted molar refractivity (Wildman–Crippen MR) is 57.7 cm³/mol. The lowest BCUT2D eigenvalue weighted by Gasteiger charge is -2.38. The van der Waals surface area contributed by atoms with Crippen LogP contribution in [0, 0.1) is 0 Å². The van der Waals surface area contributed by atoms with Gasteiger partial charge in [-0.05, 0) is 19.3 Å². The van der Waals surface area contributed by atoms with Crippen LogP contribution in [0.4, 0.5) is 0 Å². The SMILES string of the molecule is O=C1CCC(N2C[C@H]3CC[C@@H](C2)N3)C(=O)N1. The van der Waals surface area contributed by atoms with Crippen molar-refractivity contribution in [3.05, 3.63) is 0 Å². The number of hydrogen-bond acceptors (Lipinski definition) is 4. The van der Waals surface area contributed by atoms with Gasteiger partial charge in [-0.2, -0.15) is 0 Å². The number of piperazine rings is 1. The molecule has 0 saturated carbocycles. The molecule has 16 heavy (non-hydrogen) atoms. The Balaban J connectivity index is 1.68. The van der Waals surface area contributed by atoms with Crippen LogP contribution in [0.25, 0.3) is 0 Å². The quantitative estimate of drug-likeness (QED) is 0.573. The van der Waals surface area contributed by atoms with Crippen molar-refractivity contribution < 1.29 is 9.59 Å². The molecule has 2 amide bonds. The molecule has 88 valence electrons. The molecule has 3 atom stereocenters. The van der Waals surface area contributed by atoms with E-state index in [4.69, 9.17) is 0 Å². The number of rotatable bonds is 1. The van der Waals surface area contributed by atoms with Crippen molar-refractivity contribution in [1.29, 1.82) is 0 Å². The molecule has 0 aromatic rings. The van der Waals surface area contributed by atoms with Gasteiger partial charge in [-0.1, -0.05) is 0 Å². The molecule has 0 aromatic heterocycles. The highest BCUT2D eigenvalue weighted by Crippen LogP contribution is 2.23. The molecule has 0 aliphatic carbocycles. The van der Waals surface area contributed by atoms with Crippen LogP contribution in [-0.2, 0) is 9.59 Å². The first kappa shape index (κ1) is 10.2. The van der Waals surface area contributed by atoms with Gasteiger partial charge in [-0.15, -0.1) is 0 Å². The molecule has 3 saturated heterocycles. The van der Waals surface area contributed by atoms with E-state index in [2.05, 4.69) is 15.5 Å². The van der Waals surface area contributed by atoms with Gasteiger partial charge in [0.15, 0.2) is 0 Å². The molecule has 3 aliphatic rings. The van der Waals surface area contributed by atoms with Crippen molar-refractivity contribution >= 4 is 11.8 Å². The molecule has 3 fully saturated rings. The first-order chi connectivity index (χ1) is 7.72. The largest absolute Gasteiger partial charge is 0.309 e. The van der Waals surface area contributed by atoms with Crippen molar-refractivity contribution in [3.63, 3.8) is 0 Å². The molecule has 2 bridgehead atoms. The molecule has 0 radical (unpaired) electrons. The van der Waals surface area contributed by atoms with Gasteiger partial charge in [-0.3, -0.25) is 19.8 Å². The van der Waals surface area contributed by atoms with E-state index in [1.165, 1.54) is 12.8 Å². The second kappa shape index (κ2) is 3.82. The Labute approximate surface area is 94.6 Å². The number of imide groups is 1. The highest BCUT2D eigenvalue weighted by Gasteiger charge is 2.39. The van der Waals surface area contributed by atoms with Gasteiger partial charge in [0.05, 0.1) is 6.04 Å². The van der Waals surface area contributed by atoms with Gasteiger partial charge >= 0.3 is 0 Å². The third kappa shape index (κ3) is 1.74. The molecule has 2 N–H and O–H groups in total. The third-order valence-electron chi connectivity index (χ3n) is 3.90. The zero-order chi connectivity index (χ0) is 11.1. The molecular formula is C11H17N3O2. The summed E-state index contributed by atoms with van der Waals surface area (Å²) < 4.78 is 0. The summed E-state index contributed by atoms with van der Waals surface area (Å²) in [6.45, 7) is 1.89. The van der Waals surface area contributed by atoms with Crippen LogP contribution in [0.15, 0.2) is 0 Å². The normalized spacial score (nSPS) is 39.9. The first-order valence-electron chi connectivity index (χ1n) is 6.06. The predicted octanol–water partition coefficient (Wildman–Crippen LogP) is -0.772. The van der Waals surface area contributed by atoms with Gasteiger partial charge in [-0.25, -0.2) is 0 Å². The number of amides is 2. The number of nitrogens with zero attached hydrogens (tertiary/aromatic N) is 1. The third-order valence-corrected chi connectivity index (χ3v) is 3.90. The van der Waals surface area contributed by atoms with E-state index in [-0.39, 0.29) is 17.9 Å². The van der Waals surface area contributed by atoms with Gasteiger partial charge in [0.1, 0.15) is 0 Å². The standard InChI is InChI=1S/C11H17N3O2/c15-10-4-3-9(11(16)13-10)14-5-7-1-2-8(6-14)12-7/h7-9,12H,1-6H2,(H,13,15,16)/t7-,8+,9?. The highest BCUT2D eigenvalue weighted by molar-refractivity contribution is 6.00. The van der Waals surface area contributed by atoms with Crippen molar-refractivity contribution in [2.75, 3.05) is 13.1 Å². The number of carbonyl (C=O) groups excluding carboxylic acids is 2. The fourth-order valence-electron chi connectivity index (χ4n) is 3.12. The van der Waals surface area contributed by atoms with Crippen LogP contribution < -0.4 is 10.6 Å². The Hall–Kier alpha value is -0.940. The van der Waals surface area contributed by atoms with Crippen LogP contribution >= 0.6 is 0 Å². The maximum absolute atomic E-state index is 11.7. The number of carbonyl (C=O) groups is 2. The first-order valence-corrected chi connectivity index (χ1v) is 6.06. The lowest BCUT2D eigenvalue weighted by Crippen LogP contribution is -2.60. The topological polar surface area (TPSA) is 61.4 Å². The molecule has 5 heteroatoms. The molecule has 0 aromatic carbocycles. The minimum atomic E-state index is -0.126. The van der Waals surface area contributed by atoms with Crippen LogP contribution in [0.1, 0.15) is 25.7 Å². The van der Waals surface area contributed by atoms with Gasteiger partial charge < -0.3 is 5.32 Å². The molecule has 1 unspecified atom stereocenters. The minimum Gasteiger partial charge on any atom is -0.309 e. The lowest BCUT2D eigenvalue weighted by molar-refractivity contribution is -0.138. The van der Waals surface area contributed by atoms with Gasteiger partial charge in [0.2, 0.25) is 11.8 Å². The number of nitrogens with one attached hydrogen (secondary N) is 2. The maximum atomic E-state index is 11.7. The second-order valence-electron chi connectivity index (χ2n) is 5.06. The molecular weight excluding hydrogens is 206 g/mol. The summed E-state index contributed by atoms with van der Waals surface area (Å²) in [7, 11) is 0. The average Bonchev–Trinajstić information content (AvgIpc) is 2.58. The molecule has 3 rings (SSSR count). The van der Waals surface area contributed by atoms with Crippen molar-refractivity contribution in [1.82, 2.24) is 15.5 Å². The zero-order valence-electron chi connectivity index (χ0n) is 9.24. The van der Waals surface area contributed by atoms with Crippen molar-refractivity contribution in [3.8, 4) is 0 Å². The van der Waals surface area contributed by atoms with Crippen LogP contribution in [-0.4, -0.2) is 47.9 Å². The van der Waals surface area contributed by atoms with Crippen LogP contribution in [0.5, 0.6) is 0 Å². The summed E-state index contributed by atoms with van der Waals surface area (Å²) in [5.41, 5.74) is 0. The van der Waals surface area contributed by atoms with E-state index < -0.39 is 0 Å². The summed E-state index contributed by atoms with van der Waals surface area (Å²) in [4.78, 5) is 25.1. The second-order valence-corrected chi connectivity index (χ2v) is 5.06. The molecule has 3 aliphatic heterocycles. The summed E-state index contributed by atoms with van der Waals surface area (Å²) in [5, 5.41) is 5.98. The number of likely N-dealkylation sites (tertiary alicyclic amines) is 1. The van der Waals surface area contributed by atoms with Crippen LogP contribution in [0.2, 0.25) is 0 Å². The summed E-state index contributed by atoms with van der Waals surface area (Å²) in [5.74, 6) is -0.225. The Morgan fingerprint density at radius 1 is 1.06 bits per heavy atom. The smallest absolute Gasteiger partial charge is 0.243 e. The van der Waals surface area contributed by atoms with E-state index >= 15 is 0 Å². The fraction of sp³-hybridized carbons (Fsp3) is 0.818. The average molecular weight is 223 g/mol. The number of hydrogen-bond donors (Lipinski definition) is 2. The maximum Gasteiger partial charge on any atom is 0.243 e. The Morgan fingerprint density at radius 3 is 2.38 bits per heavy atom. The molecule has 0 spiro atoms. The van der Waals surface area contributed by atoms with E-state index in [1.54, 1.807) is 0 Å². The van der Waals surface area contributed by atoms with Gasteiger partial charge in [0.25, 0.3) is 0 Å². The van der Waals surface area contributed by atoms with E-state index in [0.717, 1.165) is 13.1 Å². The summed E-state index contributed by atoms with van der Waals surface area (Å²) in [6.07, 6.45) is 3.60.